The van der Waals surface area contributed by atoms with E-state index in [0.29, 0.717) is 24.2 Å². The van der Waals surface area contributed by atoms with Gasteiger partial charge in [0.15, 0.2) is 0 Å². The van der Waals surface area contributed by atoms with Gasteiger partial charge >= 0.3 is 0 Å². The first-order valence-electron chi connectivity index (χ1n) is 5.39. The smallest absolute Gasteiger partial charge is 0.254 e. The number of nitrogens with two attached hydrogens (primary N) is 1. The summed E-state index contributed by atoms with van der Waals surface area (Å²) in [5, 5.41) is 0. The van der Waals surface area contributed by atoms with Gasteiger partial charge in [-0.1, -0.05) is 0 Å². The van der Waals surface area contributed by atoms with Gasteiger partial charge in [0.2, 0.25) is 0 Å². The van der Waals surface area contributed by atoms with E-state index in [4.69, 9.17) is 5.73 Å². The van der Waals surface area contributed by atoms with Crippen molar-refractivity contribution in [3.8, 4) is 0 Å². The first kappa shape index (κ1) is 13.9. The average molecular weight is 259 g/mol. The van der Waals surface area contributed by atoms with Crippen LogP contribution in [-0.4, -0.2) is 29.9 Å². The maximum Gasteiger partial charge on any atom is 0.254 e. The third kappa shape index (κ3) is 2.96. The molecule has 0 unspecified atom stereocenters. The third-order valence-corrected chi connectivity index (χ3v) is 2.93. The van der Waals surface area contributed by atoms with Crippen LogP contribution in [0.4, 0.5) is 4.39 Å². The van der Waals surface area contributed by atoms with E-state index in [2.05, 4.69) is 0 Å². The fraction of sp³-hybridized carbons (Fsp3) is 0.417. The first-order valence-corrected chi connectivity index (χ1v) is 5.39. The molecule has 0 spiro atoms. The molecule has 1 heterocycles. The van der Waals surface area contributed by atoms with E-state index in [1.165, 1.54) is 18.2 Å². The molecule has 0 radical (unpaired) electrons. The number of rotatable bonds is 1. The molecular formula is C12H16ClFN2O. The predicted octanol–water partition coefficient (Wildman–Crippen LogP) is 1.73. The predicted molar refractivity (Wildman–Crippen MR) is 66.9 cm³/mol. The van der Waals surface area contributed by atoms with Crippen LogP contribution in [0.25, 0.3) is 0 Å². The maximum absolute atomic E-state index is 12.9. The Labute approximate surface area is 106 Å². The van der Waals surface area contributed by atoms with Gasteiger partial charge in [0.05, 0.1) is 0 Å². The van der Waals surface area contributed by atoms with E-state index in [1.54, 1.807) is 11.8 Å². The molecule has 2 N–H and O–H groups in total. The van der Waals surface area contributed by atoms with Crippen molar-refractivity contribution < 1.29 is 9.18 Å². The Kier molecular flexibility index (Phi) is 4.48. The van der Waals surface area contributed by atoms with Crippen molar-refractivity contribution in [2.45, 2.75) is 19.4 Å². The molecule has 1 amide bonds. The number of carbonyl (C=O) groups is 1. The van der Waals surface area contributed by atoms with Crippen molar-refractivity contribution >= 4 is 18.3 Å². The van der Waals surface area contributed by atoms with Crippen LogP contribution in [0.3, 0.4) is 0 Å². The van der Waals surface area contributed by atoms with Crippen molar-refractivity contribution in [1.29, 1.82) is 0 Å². The third-order valence-electron chi connectivity index (χ3n) is 2.93. The van der Waals surface area contributed by atoms with Gasteiger partial charge in [-0.25, -0.2) is 4.39 Å². The Balaban J connectivity index is 0.00000144. The van der Waals surface area contributed by atoms with Crippen molar-refractivity contribution in [1.82, 2.24) is 4.90 Å². The number of likely N-dealkylation sites (tertiary alicyclic amines) is 1. The standard InChI is InChI=1S/C12H15FN2O.ClH/c1-8-6-9(13)2-3-11(8)12(16)15-5-4-10(14)7-15;/h2-3,6,10H,4-5,7,14H2,1H3;1H/t10-;/m0./s1. The molecule has 1 saturated heterocycles. The topological polar surface area (TPSA) is 46.3 Å². The summed E-state index contributed by atoms with van der Waals surface area (Å²) in [4.78, 5) is 13.8. The Morgan fingerprint density at radius 3 is 2.76 bits per heavy atom. The molecular weight excluding hydrogens is 243 g/mol. The molecule has 17 heavy (non-hydrogen) atoms. The fourth-order valence-corrected chi connectivity index (χ4v) is 2.01. The van der Waals surface area contributed by atoms with E-state index >= 15 is 0 Å². The van der Waals surface area contributed by atoms with Crippen LogP contribution in [-0.2, 0) is 0 Å². The lowest BCUT2D eigenvalue weighted by Crippen LogP contribution is -2.32. The van der Waals surface area contributed by atoms with Crippen LogP contribution in [0.15, 0.2) is 18.2 Å². The summed E-state index contributed by atoms with van der Waals surface area (Å²) in [5.74, 6) is -0.363. The lowest BCUT2D eigenvalue weighted by atomic mass is 10.1. The molecule has 1 aliphatic rings. The molecule has 0 saturated carbocycles. The van der Waals surface area contributed by atoms with Crippen LogP contribution in [0, 0.1) is 12.7 Å². The number of aryl methyl sites for hydroxylation is 1. The Bertz CT molecular complexity index is 425. The highest BCUT2D eigenvalue weighted by Gasteiger charge is 2.25. The minimum absolute atomic E-state index is 0. The minimum atomic E-state index is -0.313. The largest absolute Gasteiger partial charge is 0.337 e. The monoisotopic (exact) mass is 258 g/mol. The first-order chi connectivity index (χ1) is 7.58. The molecule has 3 nitrogen and oxygen atoms in total. The number of benzene rings is 1. The summed E-state index contributed by atoms with van der Waals surface area (Å²) in [7, 11) is 0. The molecule has 1 aromatic rings. The van der Waals surface area contributed by atoms with Gasteiger partial charge in [-0.05, 0) is 37.1 Å². The number of hydrogen-bond donors (Lipinski definition) is 1. The zero-order chi connectivity index (χ0) is 11.7. The van der Waals surface area contributed by atoms with Crippen LogP contribution in [0.5, 0.6) is 0 Å². The number of halogens is 2. The maximum atomic E-state index is 12.9. The van der Waals surface area contributed by atoms with Gasteiger partial charge in [-0.2, -0.15) is 0 Å². The van der Waals surface area contributed by atoms with Crippen molar-refractivity contribution in [3.63, 3.8) is 0 Å². The zero-order valence-corrected chi connectivity index (χ0v) is 10.5. The van der Waals surface area contributed by atoms with Crippen LogP contribution in [0.2, 0.25) is 0 Å². The fourth-order valence-electron chi connectivity index (χ4n) is 2.01. The lowest BCUT2D eigenvalue weighted by Gasteiger charge is -2.17. The SMILES string of the molecule is Cc1cc(F)ccc1C(=O)N1CC[C@H](N)C1.Cl. The molecule has 94 valence electrons. The van der Waals surface area contributed by atoms with E-state index in [1.807, 2.05) is 0 Å². The second kappa shape index (κ2) is 5.47. The van der Waals surface area contributed by atoms with Crippen LogP contribution < -0.4 is 5.73 Å². The van der Waals surface area contributed by atoms with E-state index in [-0.39, 0.29) is 30.2 Å². The Morgan fingerprint density at radius 2 is 2.24 bits per heavy atom. The van der Waals surface area contributed by atoms with E-state index in [9.17, 15) is 9.18 Å². The molecule has 1 aliphatic heterocycles. The summed E-state index contributed by atoms with van der Waals surface area (Å²) in [6.45, 7) is 3.03. The second-order valence-corrected chi connectivity index (χ2v) is 4.26. The van der Waals surface area contributed by atoms with E-state index < -0.39 is 0 Å². The molecule has 5 heteroatoms. The molecule has 0 aromatic heterocycles. The molecule has 2 rings (SSSR count). The van der Waals surface area contributed by atoms with Gasteiger partial charge in [-0.3, -0.25) is 4.79 Å². The van der Waals surface area contributed by atoms with Gasteiger partial charge in [0, 0.05) is 24.7 Å². The molecule has 0 aliphatic carbocycles. The quantitative estimate of drug-likeness (QED) is 0.834. The minimum Gasteiger partial charge on any atom is -0.337 e. The molecule has 1 fully saturated rings. The summed E-state index contributed by atoms with van der Waals surface area (Å²) in [6.07, 6.45) is 0.839. The van der Waals surface area contributed by atoms with Gasteiger partial charge in [0.25, 0.3) is 5.91 Å². The summed E-state index contributed by atoms with van der Waals surface area (Å²) < 4.78 is 12.9. The number of amides is 1. The Hall–Kier alpha value is -1.13. The molecule has 0 bridgehead atoms. The number of hydrogen-bond acceptors (Lipinski definition) is 2. The van der Waals surface area contributed by atoms with Crippen molar-refractivity contribution in [2.24, 2.45) is 5.73 Å². The molecule has 1 atom stereocenters. The van der Waals surface area contributed by atoms with Crippen LogP contribution in [0.1, 0.15) is 22.3 Å². The van der Waals surface area contributed by atoms with Gasteiger partial charge in [0.1, 0.15) is 5.82 Å². The van der Waals surface area contributed by atoms with Crippen molar-refractivity contribution in [2.75, 3.05) is 13.1 Å². The zero-order valence-electron chi connectivity index (χ0n) is 9.65. The molecule has 1 aromatic carbocycles. The van der Waals surface area contributed by atoms with E-state index in [0.717, 1.165) is 6.42 Å². The average Bonchev–Trinajstić information content (AvgIpc) is 2.64. The number of carbonyl (C=O) groups excluding carboxylic acids is 1. The summed E-state index contributed by atoms with van der Waals surface area (Å²) >= 11 is 0. The highest BCUT2D eigenvalue weighted by atomic mass is 35.5. The lowest BCUT2D eigenvalue weighted by molar-refractivity contribution is 0.0790. The van der Waals surface area contributed by atoms with Crippen molar-refractivity contribution in [3.05, 3.63) is 35.1 Å². The van der Waals surface area contributed by atoms with Crippen LogP contribution >= 0.6 is 12.4 Å². The highest BCUT2D eigenvalue weighted by molar-refractivity contribution is 5.95. The second-order valence-electron chi connectivity index (χ2n) is 4.26. The van der Waals surface area contributed by atoms with Gasteiger partial charge in [-0.15, -0.1) is 12.4 Å². The van der Waals surface area contributed by atoms with Gasteiger partial charge < -0.3 is 10.6 Å². The summed E-state index contributed by atoms with van der Waals surface area (Å²) in [6, 6.07) is 4.31. The summed E-state index contributed by atoms with van der Waals surface area (Å²) in [5.41, 5.74) is 6.99. The Morgan fingerprint density at radius 1 is 1.53 bits per heavy atom. The normalized spacial score (nSPS) is 19.0. The number of nitrogens with zero attached hydrogens (tertiary/aromatic N) is 1. The highest BCUT2D eigenvalue weighted by Crippen LogP contribution is 2.16.